The van der Waals surface area contributed by atoms with Crippen molar-refractivity contribution in [3.8, 4) is 0 Å². The van der Waals surface area contributed by atoms with E-state index >= 15 is 0 Å². The van der Waals surface area contributed by atoms with Crippen molar-refractivity contribution in [2.75, 3.05) is 13.1 Å². The Bertz CT molecular complexity index is 1090. The fraction of sp³-hybridized carbons (Fsp3) is 0.263. The van der Waals surface area contributed by atoms with Gasteiger partial charge in [0.1, 0.15) is 5.82 Å². The number of hydrogen-bond acceptors (Lipinski definition) is 4. The molecule has 2 N–H and O–H groups in total. The molecule has 1 fully saturated rings. The highest BCUT2D eigenvalue weighted by atomic mass is 35.5. The fourth-order valence-electron chi connectivity index (χ4n) is 3.00. The third-order valence-corrected chi connectivity index (χ3v) is 7.09. The standard InChI is InChI=1S/C19H18Cl2FN3O4S/c20-15-11-16(21)17(22)10-14(15)19(27)24-23-18(26)12-5-4-6-13(9-12)30(28,29)25-7-2-1-3-8-25/h4-6,9-11H,1-3,7-8H2,(H,23,26)(H,24,27). The number of hydrazine groups is 1. The molecule has 0 atom stereocenters. The largest absolute Gasteiger partial charge is 0.271 e. The third kappa shape index (κ3) is 4.92. The second kappa shape index (κ2) is 9.30. The zero-order chi connectivity index (χ0) is 21.9. The molecule has 1 heterocycles. The number of carbonyl (C=O) groups is 2. The molecule has 0 radical (unpaired) electrons. The Labute approximate surface area is 183 Å². The Kier molecular flexibility index (Phi) is 6.97. The number of amides is 2. The van der Waals surface area contributed by atoms with Crippen molar-refractivity contribution < 1.29 is 22.4 Å². The molecule has 2 amide bonds. The van der Waals surface area contributed by atoms with E-state index in [1.54, 1.807) is 0 Å². The lowest BCUT2D eigenvalue weighted by Gasteiger charge is -2.26. The van der Waals surface area contributed by atoms with Crippen LogP contribution in [0.5, 0.6) is 0 Å². The van der Waals surface area contributed by atoms with Crippen LogP contribution in [0, 0.1) is 5.82 Å². The van der Waals surface area contributed by atoms with E-state index in [2.05, 4.69) is 10.9 Å². The quantitative estimate of drug-likeness (QED) is 0.525. The van der Waals surface area contributed by atoms with E-state index in [9.17, 15) is 22.4 Å². The van der Waals surface area contributed by atoms with Gasteiger partial charge in [-0.2, -0.15) is 4.31 Å². The number of nitrogens with one attached hydrogen (secondary N) is 2. The minimum atomic E-state index is -3.71. The maximum Gasteiger partial charge on any atom is 0.271 e. The summed E-state index contributed by atoms with van der Waals surface area (Å²) in [5.74, 6) is -2.45. The number of benzene rings is 2. The summed E-state index contributed by atoms with van der Waals surface area (Å²) in [7, 11) is -3.71. The summed E-state index contributed by atoms with van der Waals surface area (Å²) in [6.45, 7) is 0.875. The first-order valence-corrected chi connectivity index (χ1v) is 11.2. The van der Waals surface area contributed by atoms with Crippen LogP contribution in [0.2, 0.25) is 10.0 Å². The molecule has 1 saturated heterocycles. The van der Waals surface area contributed by atoms with Gasteiger partial charge in [-0.05, 0) is 43.2 Å². The number of carbonyl (C=O) groups excluding carboxylic acids is 2. The zero-order valence-electron chi connectivity index (χ0n) is 15.6. The number of rotatable bonds is 4. The molecule has 2 aromatic rings. The highest BCUT2D eigenvalue weighted by Crippen LogP contribution is 2.24. The van der Waals surface area contributed by atoms with Crippen LogP contribution in [-0.4, -0.2) is 37.6 Å². The summed E-state index contributed by atoms with van der Waals surface area (Å²) in [6.07, 6.45) is 2.56. The summed E-state index contributed by atoms with van der Waals surface area (Å²) < 4.78 is 40.5. The monoisotopic (exact) mass is 473 g/mol. The zero-order valence-corrected chi connectivity index (χ0v) is 18.0. The molecule has 0 unspecified atom stereocenters. The molecule has 0 aliphatic carbocycles. The van der Waals surface area contributed by atoms with E-state index in [4.69, 9.17) is 23.2 Å². The van der Waals surface area contributed by atoms with Crippen LogP contribution in [0.1, 0.15) is 40.0 Å². The normalized spacial score (nSPS) is 14.9. The van der Waals surface area contributed by atoms with E-state index in [1.807, 2.05) is 0 Å². The van der Waals surface area contributed by atoms with Gasteiger partial charge in [0.05, 0.1) is 20.5 Å². The van der Waals surface area contributed by atoms with E-state index in [1.165, 1.54) is 28.6 Å². The van der Waals surface area contributed by atoms with Gasteiger partial charge >= 0.3 is 0 Å². The molecule has 3 rings (SSSR count). The van der Waals surface area contributed by atoms with Gasteiger partial charge < -0.3 is 0 Å². The van der Waals surface area contributed by atoms with Crippen LogP contribution in [0.25, 0.3) is 0 Å². The molecular weight excluding hydrogens is 456 g/mol. The summed E-state index contributed by atoms with van der Waals surface area (Å²) in [4.78, 5) is 24.5. The van der Waals surface area contributed by atoms with Crippen molar-refractivity contribution in [2.24, 2.45) is 0 Å². The molecule has 2 aromatic carbocycles. The van der Waals surface area contributed by atoms with Crippen molar-refractivity contribution in [2.45, 2.75) is 24.2 Å². The molecule has 0 aromatic heterocycles. The lowest BCUT2D eigenvalue weighted by molar-refractivity contribution is 0.0846. The van der Waals surface area contributed by atoms with Gasteiger partial charge in [0.15, 0.2) is 0 Å². The first kappa shape index (κ1) is 22.5. The van der Waals surface area contributed by atoms with E-state index < -0.39 is 27.7 Å². The number of hydrogen-bond donors (Lipinski definition) is 2. The first-order chi connectivity index (χ1) is 14.2. The smallest absolute Gasteiger partial charge is 0.267 e. The predicted octanol–water partition coefficient (Wildman–Crippen LogP) is 3.38. The Balaban J connectivity index is 1.71. The summed E-state index contributed by atoms with van der Waals surface area (Å²) in [5.41, 5.74) is 4.08. The fourth-order valence-corrected chi connectivity index (χ4v) is 5.03. The van der Waals surface area contributed by atoms with Crippen molar-refractivity contribution in [3.05, 3.63) is 63.4 Å². The van der Waals surface area contributed by atoms with Gasteiger partial charge in [0, 0.05) is 18.7 Å². The summed E-state index contributed by atoms with van der Waals surface area (Å²) in [6, 6.07) is 7.42. The first-order valence-electron chi connectivity index (χ1n) is 9.05. The van der Waals surface area contributed by atoms with Crippen LogP contribution in [0.4, 0.5) is 4.39 Å². The molecule has 0 bridgehead atoms. The van der Waals surface area contributed by atoms with Gasteiger partial charge in [-0.3, -0.25) is 20.4 Å². The second-order valence-corrected chi connectivity index (χ2v) is 9.40. The molecule has 7 nitrogen and oxygen atoms in total. The van der Waals surface area contributed by atoms with Gasteiger partial charge in [-0.25, -0.2) is 12.8 Å². The van der Waals surface area contributed by atoms with E-state index in [0.717, 1.165) is 31.4 Å². The van der Waals surface area contributed by atoms with Crippen LogP contribution in [0.15, 0.2) is 41.3 Å². The average molecular weight is 474 g/mol. The van der Waals surface area contributed by atoms with Crippen molar-refractivity contribution in [3.63, 3.8) is 0 Å². The van der Waals surface area contributed by atoms with E-state index in [0.29, 0.717) is 13.1 Å². The van der Waals surface area contributed by atoms with Crippen molar-refractivity contribution in [1.82, 2.24) is 15.2 Å². The lowest BCUT2D eigenvalue weighted by atomic mass is 10.2. The van der Waals surface area contributed by atoms with Crippen LogP contribution >= 0.6 is 23.2 Å². The Morgan fingerprint density at radius 2 is 1.60 bits per heavy atom. The molecule has 0 spiro atoms. The highest BCUT2D eigenvalue weighted by molar-refractivity contribution is 7.89. The number of sulfonamides is 1. The third-order valence-electron chi connectivity index (χ3n) is 4.59. The second-order valence-electron chi connectivity index (χ2n) is 6.65. The highest BCUT2D eigenvalue weighted by Gasteiger charge is 2.26. The minimum Gasteiger partial charge on any atom is -0.267 e. The van der Waals surface area contributed by atoms with Gasteiger partial charge in [0.25, 0.3) is 11.8 Å². The van der Waals surface area contributed by atoms with Gasteiger partial charge in [-0.1, -0.05) is 35.7 Å². The average Bonchev–Trinajstić information content (AvgIpc) is 2.75. The molecule has 30 heavy (non-hydrogen) atoms. The molecule has 1 aliphatic rings. The molecular formula is C19H18Cl2FN3O4S. The molecule has 1 aliphatic heterocycles. The predicted molar refractivity (Wildman–Crippen MR) is 110 cm³/mol. The number of nitrogens with zero attached hydrogens (tertiary/aromatic N) is 1. The Morgan fingerprint density at radius 1 is 0.933 bits per heavy atom. The molecule has 0 saturated carbocycles. The lowest BCUT2D eigenvalue weighted by Crippen LogP contribution is -2.42. The van der Waals surface area contributed by atoms with E-state index in [-0.39, 0.29) is 26.1 Å². The minimum absolute atomic E-state index is 0.00815. The number of halogens is 3. The van der Waals surface area contributed by atoms with Crippen molar-refractivity contribution in [1.29, 1.82) is 0 Å². The molecule has 160 valence electrons. The summed E-state index contributed by atoms with van der Waals surface area (Å²) >= 11 is 11.5. The SMILES string of the molecule is O=C(NNC(=O)c1cc(F)c(Cl)cc1Cl)c1cccc(S(=O)(=O)N2CCCCC2)c1. The van der Waals surface area contributed by atoms with Gasteiger partial charge in [0.2, 0.25) is 10.0 Å². The Hall–Kier alpha value is -2.20. The van der Waals surface area contributed by atoms with Gasteiger partial charge in [-0.15, -0.1) is 0 Å². The van der Waals surface area contributed by atoms with Crippen LogP contribution < -0.4 is 10.9 Å². The number of piperidine rings is 1. The topological polar surface area (TPSA) is 95.6 Å². The molecule has 11 heteroatoms. The van der Waals surface area contributed by atoms with Crippen molar-refractivity contribution >= 4 is 45.0 Å². The maximum absolute atomic E-state index is 13.6. The Morgan fingerprint density at radius 3 is 2.30 bits per heavy atom. The summed E-state index contributed by atoms with van der Waals surface area (Å²) in [5, 5.41) is -0.338. The van der Waals surface area contributed by atoms with Crippen LogP contribution in [-0.2, 0) is 10.0 Å². The van der Waals surface area contributed by atoms with Crippen LogP contribution in [0.3, 0.4) is 0 Å². The maximum atomic E-state index is 13.6.